The first kappa shape index (κ1) is 16.4. The van der Waals surface area contributed by atoms with Crippen molar-refractivity contribution in [2.75, 3.05) is 6.54 Å². The van der Waals surface area contributed by atoms with Crippen molar-refractivity contribution in [1.82, 2.24) is 5.32 Å². The number of nitrogens with one attached hydrogen (secondary N) is 1. The van der Waals surface area contributed by atoms with E-state index in [-0.39, 0.29) is 11.1 Å². The number of hydrogen-bond acceptors (Lipinski definition) is 1. The van der Waals surface area contributed by atoms with Gasteiger partial charge in [-0.3, -0.25) is 0 Å². The van der Waals surface area contributed by atoms with Crippen LogP contribution in [0.2, 0.25) is 5.02 Å². The summed E-state index contributed by atoms with van der Waals surface area (Å²) in [6, 6.07) is 7.99. The van der Waals surface area contributed by atoms with Crippen molar-refractivity contribution >= 4 is 27.5 Å². The van der Waals surface area contributed by atoms with Crippen LogP contribution in [0.25, 0.3) is 0 Å². The van der Waals surface area contributed by atoms with Gasteiger partial charge in [0, 0.05) is 15.1 Å². The van der Waals surface area contributed by atoms with Crippen LogP contribution in [0.5, 0.6) is 0 Å². The van der Waals surface area contributed by atoms with Crippen LogP contribution in [-0.2, 0) is 0 Å². The zero-order valence-electron chi connectivity index (χ0n) is 11.7. The topological polar surface area (TPSA) is 12.0 Å². The largest absolute Gasteiger partial charge is 0.306 e. The Hall–Kier alpha value is -0.970. The van der Waals surface area contributed by atoms with Crippen LogP contribution in [0, 0.1) is 18.6 Å². The molecule has 0 aromatic heterocycles. The fourth-order valence-electron chi connectivity index (χ4n) is 2.21. The quantitative estimate of drug-likeness (QED) is 0.757. The summed E-state index contributed by atoms with van der Waals surface area (Å²) < 4.78 is 28.9. The van der Waals surface area contributed by atoms with E-state index in [9.17, 15) is 8.78 Å². The van der Waals surface area contributed by atoms with Crippen molar-refractivity contribution in [2.45, 2.75) is 19.9 Å². The summed E-state index contributed by atoms with van der Waals surface area (Å²) >= 11 is 9.47. The zero-order valence-corrected chi connectivity index (χ0v) is 14.0. The van der Waals surface area contributed by atoms with Gasteiger partial charge in [-0.2, -0.15) is 0 Å². The molecule has 0 bridgehead atoms. The maximum Gasteiger partial charge on any atom is 0.164 e. The second-order valence-corrected chi connectivity index (χ2v) is 6.05. The molecule has 0 aliphatic carbocycles. The first-order valence-corrected chi connectivity index (χ1v) is 7.75. The highest BCUT2D eigenvalue weighted by Crippen LogP contribution is 2.33. The van der Waals surface area contributed by atoms with Gasteiger partial charge in [-0.1, -0.05) is 46.6 Å². The van der Waals surface area contributed by atoms with Gasteiger partial charge in [0.1, 0.15) is 0 Å². The molecule has 0 radical (unpaired) electrons. The lowest BCUT2D eigenvalue weighted by molar-refractivity contribution is 0.478. The van der Waals surface area contributed by atoms with E-state index >= 15 is 0 Å². The number of halogens is 4. The first-order valence-electron chi connectivity index (χ1n) is 6.58. The molecule has 0 saturated carbocycles. The van der Waals surface area contributed by atoms with Gasteiger partial charge in [-0.25, -0.2) is 8.78 Å². The molecule has 0 aliphatic rings. The van der Waals surface area contributed by atoms with E-state index in [0.717, 1.165) is 10.0 Å². The lowest BCUT2D eigenvalue weighted by Crippen LogP contribution is -2.24. The summed E-state index contributed by atoms with van der Waals surface area (Å²) in [5.41, 5.74) is 1.33. The molecule has 0 amide bonds. The average molecular weight is 375 g/mol. The minimum absolute atomic E-state index is 0.267. The molecule has 112 valence electrons. The molecule has 1 atom stereocenters. The van der Waals surface area contributed by atoms with Crippen LogP contribution in [0.4, 0.5) is 8.78 Å². The summed E-state index contributed by atoms with van der Waals surface area (Å²) in [5.74, 6) is -1.64. The third-order valence-corrected chi connectivity index (χ3v) is 4.25. The summed E-state index contributed by atoms with van der Waals surface area (Å²) in [6.07, 6.45) is 0. The second kappa shape index (κ2) is 6.86. The maximum atomic E-state index is 14.3. The Kier molecular flexibility index (Phi) is 5.36. The van der Waals surface area contributed by atoms with Gasteiger partial charge < -0.3 is 5.32 Å². The van der Waals surface area contributed by atoms with Gasteiger partial charge in [0.15, 0.2) is 11.6 Å². The van der Waals surface area contributed by atoms with Crippen LogP contribution in [-0.4, -0.2) is 6.54 Å². The molecule has 2 aromatic carbocycles. The van der Waals surface area contributed by atoms with Crippen molar-refractivity contribution in [1.29, 1.82) is 0 Å². The number of hydrogen-bond donors (Lipinski definition) is 1. The highest BCUT2D eigenvalue weighted by Gasteiger charge is 2.22. The number of rotatable bonds is 4. The third-order valence-electron chi connectivity index (χ3n) is 3.29. The summed E-state index contributed by atoms with van der Waals surface area (Å²) in [7, 11) is 0. The Bertz CT molecular complexity index is 661. The molecule has 2 aromatic rings. The fraction of sp³-hybridized carbons (Fsp3) is 0.250. The molecule has 21 heavy (non-hydrogen) atoms. The van der Waals surface area contributed by atoms with E-state index in [1.54, 1.807) is 37.3 Å². The standard InChI is InChI=1S/C16H15BrClF2N/c1-3-21-16(12-8-10(18)5-7-13(12)17)11-6-4-9(2)14(19)15(11)20/h4-8,16,21H,3H2,1-2H3. The first-order chi connectivity index (χ1) is 9.95. The monoisotopic (exact) mass is 373 g/mol. The average Bonchev–Trinajstić information content (AvgIpc) is 2.46. The van der Waals surface area contributed by atoms with Gasteiger partial charge >= 0.3 is 0 Å². The Morgan fingerprint density at radius 3 is 2.52 bits per heavy atom. The Balaban J connectivity index is 2.59. The molecule has 1 unspecified atom stereocenters. The second-order valence-electron chi connectivity index (χ2n) is 4.76. The normalized spacial score (nSPS) is 12.5. The Morgan fingerprint density at radius 2 is 1.86 bits per heavy atom. The summed E-state index contributed by atoms with van der Waals surface area (Å²) in [4.78, 5) is 0. The zero-order chi connectivity index (χ0) is 15.6. The van der Waals surface area contributed by atoms with Gasteiger partial charge in [0.05, 0.1) is 6.04 Å². The molecule has 1 nitrogen and oxygen atoms in total. The third kappa shape index (κ3) is 3.44. The van der Waals surface area contributed by atoms with Gasteiger partial charge in [0.25, 0.3) is 0 Å². The highest BCUT2D eigenvalue weighted by molar-refractivity contribution is 9.10. The number of benzene rings is 2. The van der Waals surface area contributed by atoms with E-state index in [0.29, 0.717) is 11.6 Å². The van der Waals surface area contributed by atoms with Crippen LogP contribution in [0.1, 0.15) is 29.7 Å². The number of aryl methyl sites for hydroxylation is 1. The van der Waals surface area contributed by atoms with Gasteiger partial charge in [-0.15, -0.1) is 0 Å². The predicted molar refractivity (Wildman–Crippen MR) is 85.8 cm³/mol. The minimum Gasteiger partial charge on any atom is -0.306 e. The molecule has 0 fully saturated rings. The Labute approximate surface area is 136 Å². The Morgan fingerprint density at radius 1 is 1.14 bits per heavy atom. The minimum atomic E-state index is -0.826. The summed E-state index contributed by atoms with van der Waals surface area (Å²) in [5, 5.41) is 3.72. The molecule has 0 aliphatic heterocycles. The van der Waals surface area contributed by atoms with E-state index in [2.05, 4.69) is 21.2 Å². The van der Waals surface area contributed by atoms with Crippen molar-refractivity contribution in [3.05, 3.63) is 68.2 Å². The molecule has 0 heterocycles. The van der Waals surface area contributed by atoms with E-state index in [1.165, 1.54) is 0 Å². The molecular formula is C16H15BrClF2N. The molecule has 5 heteroatoms. The molecule has 2 rings (SSSR count). The van der Waals surface area contributed by atoms with Gasteiger partial charge in [0.2, 0.25) is 0 Å². The smallest absolute Gasteiger partial charge is 0.164 e. The highest BCUT2D eigenvalue weighted by atomic mass is 79.9. The van der Waals surface area contributed by atoms with Crippen LogP contribution in [0.3, 0.4) is 0 Å². The molecule has 0 spiro atoms. The fourth-order valence-corrected chi connectivity index (χ4v) is 2.87. The van der Waals surface area contributed by atoms with E-state index < -0.39 is 17.7 Å². The summed E-state index contributed by atoms with van der Waals surface area (Å²) in [6.45, 7) is 4.06. The van der Waals surface area contributed by atoms with Crippen LogP contribution < -0.4 is 5.32 Å². The lowest BCUT2D eigenvalue weighted by atomic mass is 9.97. The van der Waals surface area contributed by atoms with E-state index in [1.807, 2.05) is 6.92 Å². The van der Waals surface area contributed by atoms with Crippen molar-refractivity contribution in [2.24, 2.45) is 0 Å². The van der Waals surface area contributed by atoms with Crippen molar-refractivity contribution in [3.63, 3.8) is 0 Å². The van der Waals surface area contributed by atoms with Crippen LogP contribution >= 0.6 is 27.5 Å². The molecule has 0 saturated heterocycles. The van der Waals surface area contributed by atoms with Gasteiger partial charge in [-0.05, 0) is 42.8 Å². The van der Waals surface area contributed by atoms with Crippen LogP contribution in [0.15, 0.2) is 34.8 Å². The molecular weight excluding hydrogens is 360 g/mol. The molecule has 1 N–H and O–H groups in total. The lowest BCUT2D eigenvalue weighted by Gasteiger charge is -2.21. The van der Waals surface area contributed by atoms with Crippen molar-refractivity contribution in [3.8, 4) is 0 Å². The van der Waals surface area contributed by atoms with E-state index in [4.69, 9.17) is 11.6 Å². The predicted octanol–water partition coefficient (Wildman–Crippen LogP) is 5.39. The van der Waals surface area contributed by atoms with Crippen molar-refractivity contribution < 1.29 is 8.78 Å². The SMILES string of the molecule is CCNC(c1cc(Cl)ccc1Br)c1ccc(C)c(F)c1F. The maximum absolute atomic E-state index is 14.3.